The van der Waals surface area contributed by atoms with E-state index >= 15 is 0 Å². The minimum atomic E-state index is -0.259. The molecule has 0 radical (unpaired) electrons. The molecule has 17 heavy (non-hydrogen) atoms. The number of hydrogen-bond acceptors (Lipinski definition) is 2. The molecular weight excluding hydrogens is 215 g/mol. The fraction of sp³-hybridized carbons (Fsp3) is 0.500. The Morgan fingerprint density at radius 2 is 2.18 bits per heavy atom. The van der Waals surface area contributed by atoms with Gasteiger partial charge in [-0.15, -0.1) is 0 Å². The first-order valence-corrected chi connectivity index (χ1v) is 5.92. The second-order valence-corrected chi connectivity index (χ2v) is 5.21. The zero-order valence-corrected chi connectivity index (χ0v) is 11.0. The molecule has 0 aliphatic carbocycles. The normalized spacial score (nSPS) is 12.9. The van der Waals surface area contributed by atoms with Crippen LogP contribution in [0, 0.1) is 5.82 Å². The largest absolute Gasteiger partial charge is 0.312 e. The first-order chi connectivity index (χ1) is 7.90. The fourth-order valence-electron chi connectivity index (χ4n) is 1.54. The zero-order chi connectivity index (χ0) is 12.9. The Hall–Kier alpha value is -1.22. The van der Waals surface area contributed by atoms with E-state index in [1.165, 1.54) is 6.20 Å². The Balaban J connectivity index is 2.53. The summed E-state index contributed by atoms with van der Waals surface area (Å²) in [6.07, 6.45) is 5.81. The van der Waals surface area contributed by atoms with Crippen LogP contribution in [0.15, 0.2) is 24.5 Å². The van der Waals surface area contributed by atoms with E-state index in [-0.39, 0.29) is 11.4 Å². The number of halogens is 1. The second-order valence-electron chi connectivity index (χ2n) is 5.21. The van der Waals surface area contributed by atoms with Gasteiger partial charge in [0, 0.05) is 17.3 Å². The fourth-order valence-corrected chi connectivity index (χ4v) is 1.54. The topological polar surface area (TPSA) is 24.9 Å². The summed E-state index contributed by atoms with van der Waals surface area (Å²) >= 11 is 0. The molecule has 0 amide bonds. The van der Waals surface area contributed by atoms with Crippen molar-refractivity contribution in [3.05, 3.63) is 35.9 Å². The van der Waals surface area contributed by atoms with Gasteiger partial charge in [-0.2, -0.15) is 0 Å². The smallest absolute Gasteiger partial charge is 0.148 e. The molecule has 1 rings (SSSR count). The van der Waals surface area contributed by atoms with Gasteiger partial charge in [-0.1, -0.05) is 6.08 Å². The Morgan fingerprint density at radius 3 is 2.76 bits per heavy atom. The van der Waals surface area contributed by atoms with E-state index in [9.17, 15) is 4.39 Å². The molecule has 0 aliphatic heterocycles. The molecule has 0 spiro atoms. The van der Waals surface area contributed by atoms with Crippen molar-refractivity contribution >= 4 is 5.57 Å². The molecule has 0 aromatic carbocycles. The number of allylic oxidation sites excluding steroid dienone is 1. The molecular formula is C14H21FN2. The minimum absolute atomic E-state index is 0.129. The average molecular weight is 236 g/mol. The summed E-state index contributed by atoms with van der Waals surface area (Å²) in [5.74, 6) is -0.259. The van der Waals surface area contributed by atoms with Crippen LogP contribution in [0.25, 0.3) is 5.57 Å². The number of rotatable bonds is 4. The maximum Gasteiger partial charge on any atom is 0.148 e. The van der Waals surface area contributed by atoms with Crippen molar-refractivity contribution in [2.75, 3.05) is 6.54 Å². The van der Waals surface area contributed by atoms with Crippen molar-refractivity contribution in [1.29, 1.82) is 0 Å². The Morgan fingerprint density at radius 1 is 1.47 bits per heavy atom. The van der Waals surface area contributed by atoms with Crippen molar-refractivity contribution in [2.24, 2.45) is 0 Å². The van der Waals surface area contributed by atoms with Gasteiger partial charge in [0.25, 0.3) is 0 Å². The lowest BCUT2D eigenvalue weighted by Gasteiger charge is -2.19. The van der Waals surface area contributed by atoms with Crippen LogP contribution in [-0.4, -0.2) is 17.1 Å². The number of hydrogen-bond donors (Lipinski definition) is 1. The molecule has 0 atom stereocenters. The van der Waals surface area contributed by atoms with E-state index in [4.69, 9.17) is 0 Å². The van der Waals surface area contributed by atoms with Crippen LogP contribution in [0.3, 0.4) is 0 Å². The highest BCUT2D eigenvalue weighted by atomic mass is 19.1. The summed E-state index contributed by atoms with van der Waals surface area (Å²) in [6, 6.07) is 1.71. The van der Waals surface area contributed by atoms with Crippen LogP contribution in [0.2, 0.25) is 0 Å². The van der Waals surface area contributed by atoms with Gasteiger partial charge < -0.3 is 5.32 Å². The van der Waals surface area contributed by atoms with E-state index in [1.54, 1.807) is 12.3 Å². The average Bonchev–Trinajstić information content (AvgIpc) is 2.23. The molecule has 3 heteroatoms. The standard InChI is InChI=1S/C14H21FN2/c1-11(6-5-8-17-14(2,3)4)12-7-9-16-10-13(12)15/h6-7,9-10,17H,5,8H2,1-4H3/b11-6-. The summed E-state index contributed by atoms with van der Waals surface area (Å²) in [5.41, 5.74) is 1.72. The Bertz CT molecular complexity index is 391. The number of pyridine rings is 1. The minimum Gasteiger partial charge on any atom is -0.312 e. The number of nitrogens with zero attached hydrogens (tertiary/aromatic N) is 1. The van der Waals surface area contributed by atoms with Gasteiger partial charge in [-0.05, 0) is 52.3 Å². The summed E-state index contributed by atoms with van der Waals surface area (Å²) in [7, 11) is 0. The predicted octanol–water partition coefficient (Wildman–Crippen LogP) is 3.40. The van der Waals surface area contributed by atoms with Crippen molar-refractivity contribution < 1.29 is 4.39 Å². The molecule has 2 nitrogen and oxygen atoms in total. The monoisotopic (exact) mass is 236 g/mol. The van der Waals surface area contributed by atoms with Crippen molar-refractivity contribution in [3.63, 3.8) is 0 Å². The van der Waals surface area contributed by atoms with Crippen molar-refractivity contribution in [2.45, 2.75) is 39.7 Å². The quantitative estimate of drug-likeness (QED) is 0.810. The van der Waals surface area contributed by atoms with Crippen LogP contribution in [0.1, 0.15) is 39.7 Å². The molecule has 0 unspecified atom stereocenters. The molecule has 94 valence electrons. The third-order valence-electron chi connectivity index (χ3n) is 2.45. The Kier molecular flexibility index (Phi) is 4.82. The first kappa shape index (κ1) is 13.8. The summed E-state index contributed by atoms with van der Waals surface area (Å²) in [5, 5.41) is 3.39. The van der Waals surface area contributed by atoms with Gasteiger partial charge in [0.2, 0.25) is 0 Å². The molecule has 1 aromatic rings. The van der Waals surface area contributed by atoms with Gasteiger partial charge in [-0.25, -0.2) is 4.39 Å². The van der Waals surface area contributed by atoms with E-state index in [1.807, 2.05) is 6.92 Å². The lowest BCUT2D eigenvalue weighted by molar-refractivity contribution is 0.431. The van der Waals surface area contributed by atoms with Crippen LogP contribution in [0.4, 0.5) is 4.39 Å². The van der Waals surface area contributed by atoms with Crippen molar-refractivity contribution in [1.82, 2.24) is 10.3 Å². The predicted molar refractivity (Wildman–Crippen MR) is 70.2 cm³/mol. The van der Waals surface area contributed by atoms with E-state index in [0.29, 0.717) is 5.56 Å². The van der Waals surface area contributed by atoms with Gasteiger partial charge in [0.15, 0.2) is 0 Å². The van der Waals surface area contributed by atoms with Crippen LogP contribution in [-0.2, 0) is 0 Å². The highest BCUT2D eigenvalue weighted by Crippen LogP contribution is 2.16. The number of aromatic nitrogens is 1. The van der Waals surface area contributed by atoms with Gasteiger partial charge in [0.1, 0.15) is 5.82 Å². The van der Waals surface area contributed by atoms with E-state index in [0.717, 1.165) is 18.5 Å². The maximum absolute atomic E-state index is 13.4. The molecule has 1 heterocycles. The van der Waals surface area contributed by atoms with Crippen LogP contribution >= 0.6 is 0 Å². The van der Waals surface area contributed by atoms with Gasteiger partial charge >= 0.3 is 0 Å². The zero-order valence-electron chi connectivity index (χ0n) is 11.0. The molecule has 0 saturated heterocycles. The molecule has 0 aliphatic rings. The molecule has 0 saturated carbocycles. The second kappa shape index (κ2) is 5.92. The maximum atomic E-state index is 13.4. The van der Waals surface area contributed by atoms with Gasteiger partial charge in [0.05, 0.1) is 6.20 Å². The van der Waals surface area contributed by atoms with E-state index in [2.05, 4.69) is 37.1 Å². The van der Waals surface area contributed by atoms with E-state index < -0.39 is 0 Å². The number of nitrogens with one attached hydrogen (secondary N) is 1. The lowest BCUT2D eigenvalue weighted by atomic mass is 10.1. The van der Waals surface area contributed by atoms with Gasteiger partial charge in [-0.3, -0.25) is 4.98 Å². The van der Waals surface area contributed by atoms with Crippen molar-refractivity contribution in [3.8, 4) is 0 Å². The molecule has 1 aromatic heterocycles. The van der Waals surface area contributed by atoms with Crippen LogP contribution < -0.4 is 5.32 Å². The summed E-state index contributed by atoms with van der Waals surface area (Å²) < 4.78 is 13.4. The highest BCUT2D eigenvalue weighted by molar-refractivity contribution is 5.63. The molecule has 0 fully saturated rings. The lowest BCUT2D eigenvalue weighted by Crippen LogP contribution is -2.36. The molecule has 1 N–H and O–H groups in total. The SMILES string of the molecule is C/C(=C/CCNC(C)(C)C)c1ccncc1F. The summed E-state index contributed by atoms with van der Waals surface area (Å²) in [6.45, 7) is 9.22. The third-order valence-corrected chi connectivity index (χ3v) is 2.45. The molecule has 0 bridgehead atoms. The Labute approximate surface area is 103 Å². The van der Waals surface area contributed by atoms with Crippen LogP contribution in [0.5, 0.6) is 0 Å². The summed E-state index contributed by atoms with van der Waals surface area (Å²) in [4.78, 5) is 3.74. The highest BCUT2D eigenvalue weighted by Gasteiger charge is 2.07. The first-order valence-electron chi connectivity index (χ1n) is 5.92. The third kappa shape index (κ3) is 5.09.